The molecule has 0 bridgehead atoms. The van der Waals surface area contributed by atoms with Crippen molar-refractivity contribution in [3.05, 3.63) is 65.7 Å². The molecule has 1 aliphatic heterocycles. The van der Waals surface area contributed by atoms with Gasteiger partial charge in [0.05, 0.1) is 18.2 Å². The zero-order valence-electron chi connectivity index (χ0n) is 12.0. The highest BCUT2D eigenvalue weighted by Gasteiger charge is 2.24. The number of ether oxygens (including phenoxy) is 2. The van der Waals surface area contributed by atoms with E-state index >= 15 is 0 Å². The van der Waals surface area contributed by atoms with E-state index in [1.165, 1.54) is 6.08 Å². The lowest BCUT2D eigenvalue weighted by molar-refractivity contribution is -0.137. The lowest BCUT2D eigenvalue weighted by atomic mass is 9.95. The van der Waals surface area contributed by atoms with Crippen LogP contribution in [-0.4, -0.2) is 18.5 Å². The average Bonchev–Trinajstić information content (AvgIpc) is 2.65. The first-order chi connectivity index (χ1) is 10.7. The number of esters is 2. The van der Waals surface area contributed by atoms with Gasteiger partial charge in [0.15, 0.2) is 0 Å². The molecule has 0 aliphatic carbocycles. The Morgan fingerprint density at radius 3 is 2.18 bits per heavy atom. The highest BCUT2D eigenvalue weighted by Crippen LogP contribution is 2.36. The summed E-state index contributed by atoms with van der Waals surface area (Å²) in [6.07, 6.45) is 1.21. The molecule has 0 radical (unpaired) electrons. The van der Waals surface area contributed by atoms with E-state index in [0.29, 0.717) is 11.1 Å². The maximum atomic E-state index is 12.3. The lowest BCUT2D eigenvalue weighted by Gasteiger charge is -2.08. The molecule has 0 unspecified atom stereocenters. The molecule has 2 aromatic carbocycles. The van der Waals surface area contributed by atoms with Gasteiger partial charge in [0, 0.05) is 5.56 Å². The van der Waals surface area contributed by atoms with Crippen LogP contribution in [0.3, 0.4) is 0 Å². The van der Waals surface area contributed by atoms with Gasteiger partial charge in [0.1, 0.15) is 5.76 Å². The summed E-state index contributed by atoms with van der Waals surface area (Å²) < 4.78 is 10.3. The van der Waals surface area contributed by atoms with Crippen molar-refractivity contribution in [1.82, 2.24) is 0 Å². The van der Waals surface area contributed by atoms with Crippen LogP contribution in [0.1, 0.15) is 22.8 Å². The SMILES string of the molecule is CCOC(=O)/C=C1\OC(=O)c2ccccc2-c2ccccc21. The van der Waals surface area contributed by atoms with E-state index < -0.39 is 11.9 Å². The maximum absolute atomic E-state index is 12.3. The first-order valence-corrected chi connectivity index (χ1v) is 7.00. The largest absolute Gasteiger partial charge is 0.463 e. The number of carbonyl (C=O) groups excluding carboxylic acids is 2. The number of hydrogen-bond donors (Lipinski definition) is 0. The van der Waals surface area contributed by atoms with E-state index in [1.54, 1.807) is 19.1 Å². The van der Waals surface area contributed by atoms with Crippen molar-refractivity contribution in [3.8, 4) is 11.1 Å². The van der Waals surface area contributed by atoms with Crippen molar-refractivity contribution < 1.29 is 19.1 Å². The fraction of sp³-hybridized carbons (Fsp3) is 0.111. The summed E-state index contributed by atoms with van der Waals surface area (Å²) in [4.78, 5) is 24.0. The molecule has 0 fully saturated rings. The molecular formula is C18H14O4. The van der Waals surface area contributed by atoms with Crippen molar-refractivity contribution in [3.63, 3.8) is 0 Å². The minimum absolute atomic E-state index is 0.204. The summed E-state index contributed by atoms with van der Waals surface area (Å²) in [5, 5.41) is 0. The van der Waals surface area contributed by atoms with Crippen LogP contribution in [0.2, 0.25) is 0 Å². The van der Waals surface area contributed by atoms with Gasteiger partial charge >= 0.3 is 11.9 Å². The third kappa shape index (κ3) is 2.51. The molecule has 0 atom stereocenters. The number of fused-ring (bicyclic) bond motifs is 3. The topological polar surface area (TPSA) is 52.6 Å². The van der Waals surface area contributed by atoms with Gasteiger partial charge in [-0.05, 0) is 24.1 Å². The smallest absolute Gasteiger partial charge is 0.344 e. The van der Waals surface area contributed by atoms with Crippen LogP contribution in [0.4, 0.5) is 0 Å². The van der Waals surface area contributed by atoms with Gasteiger partial charge in [0.2, 0.25) is 0 Å². The fourth-order valence-corrected chi connectivity index (χ4v) is 2.44. The van der Waals surface area contributed by atoms with Crippen molar-refractivity contribution in [2.45, 2.75) is 6.92 Å². The van der Waals surface area contributed by atoms with Gasteiger partial charge in [0.25, 0.3) is 0 Å². The van der Waals surface area contributed by atoms with E-state index in [4.69, 9.17) is 9.47 Å². The molecule has 0 saturated heterocycles. The Morgan fingerprint density at radius 1 is 1.00 bits per heavy atom. The zero-order valence-corrected chi connectivity index (χ0v) is 12.0. The van der Waals surface area contributed by atoms with E-state index in [9.17, 15) is 9.59 Å². The molecule has 4 heteroatoms. The van der Waals surface area contributed by atoms with Crippen LogP contribution >= 0.6 is 0 Å². The van der Waals surface area contributed by atoms with Crippen LogP contribution in [0.25, 0.3) is 16.9 Å². The van der Waals surface area contributed by atoms with E-state index in [-0.39, 0.29) is 12.4 Å². The van der Waals surface area contributed by atoms with E-state index in [1.807, 2.05) is 36.4 Å². The summed E-state index contributed by atoms with van der Waals surface area (Å²) in [5.41, 5.74) is 2.80. The second kappa shape index (κ2) is 5.85. The summed E-state index contributed by atoms with van der Waals surface area (Å²) in [6, 6.07) is 14.6. The van der Waals surface area contributed by atoms with Crippen LogP contribution in [0.15, 0.2) is 54.6 Å². The Balaban J connectivity index is 2.19. The molecule has 22 heavy (non-hydrogen) atoms. The monoisotopic (exact) mass is 294 g/mol. The summed E-state index contributed by atoms with van der Waals surface area (Å²) in [5.74, 6) is -0.816. The van der Waals surface area contributed by atoms with Crippen molar-refractivity contribution in [2.24, 2.45) is 0 Å². The summed E-state index contributed by atoms with van der Waals surface area (Å²) in [7, 11) is 0. The third-order valence-corrected chi connectivity index (χ3v) is 3.37. The number of hydrogen-bond acceptors (Lipinski definition) is 4. The van der Waals surface area contributed by atoms with Gasteiger partial charge in [-0.1, -0.05) is 42.5 Å². The molecule has 1 aliphatic rings. The first kappa shape index (κ1) is 14.1. The second-order valence-electron chi connectivity index (χ2n) is 4.74. The van der Waals surface area contributed by atoms with Gasteiger partial charge in [-0.25, -0.2) is 9.59 Å². The number of carbonyl (C=O) groups is 2. The molecule has 1 heterocycles. The molecule has 4 nitrogen and oxygen atoms in total. The Bertz CT molecular complexity index is 774. The lowest BCUT2D eigenvalue weighted by Crippen LogP contribution is -2.06. The van der Waals surface area contributed by atoms with Gasteiger partial charge in [-0.2, -0.15) is 0 Å². The molecule has 3 rings (SSSR count). The van der Waals surface area contributed by atoms with Crippen LogP contribution in [0.5, 0.6) is 0 Å². The quantitative estimate of drug-likeness (QED) is 0.629. The Labute approximate surface area is 128 Å². The molecule has 0 saturated carbocycles. The molecule has 0 aromatic heterocycles. The Morgan fingerprint density at radius 2 is 1.55 bits per heavy atom. The van der Waals surface area contributed by atoms with Crippen molar-refractivity contribution >= 4 is 17.7 Å². The minimum atomic E-state index is -0.536. The highest BCUT2D eigenvalue weighted by atomic mass is 16.5. The van der Waals surface area contributed by atoms with Gasteiger partial charge in [-0.3, -0.25) is 0 Å². The standard InChI is InChI=1S/C18H14O4/c1-2-21-17(19)11-16-14-9-5-3-7-12(14)13-8-4-6-10-15(13)18(20)22-16/h3-11H,2H2,1H3/b16-11-. The van der Waals surface area contributed by atoms with Gasteiger partial charge in [-0.15, -0.1) is 0 Å². The number of rotatable bonds is 2. The molecule has 110 valence electrons. The summed E-state index contributed by atoms with van der Waals surface area (Å²) >= 11 is 0. The zero-order chi connectivity index (χ0) is 15.5. The predicted octanol–water partition coefficient (Wildman–Crippen LogP) is 3.43. The Hall–Kier alpha value is -2.88. The highest BCUT2D eigenvalue weighted by molar-refractivity contribution is 6.05. The summed E-state index contributed by atoms with van der Waals surface area (Å²) in [6.45, 7) is 1.98. The fourth-order valence-electron chi connectivity index (χ4n) is 2.44. The molecule has 0 amide bonds. The Kier molecular flexibility index (Phi) is 3.74. The molecule has 0 N–H and O–H groups in total. The van der Waals surface area contributed by atoms with Crippen LogP contribution < -0.4 is 0 Å². The minimum Gasteiger partial charge on any atom is -0.463 e. The van der Waals surface area contributed by atoms with E-state index in [2.05, 4.69) is 0 Å². The molecule has 0 spiro atoms. The first-order valence-electron chi connectivity index (χ1n) is 7.00. The predicted molar refractivity (Wildman–Crippen MR) is 81.9 cm³/mol. The maximum Gasteiger partial charge on any atom is 0.344 e. The van der Waals surface area contributed by atoms with Crippen LogP contribution in [-0.2, 0) is 14.3 Å². The van der Waals surface area contributed by atoms with Crippen LogP contribution in [0, 0.1) is 0 Å². The average molecular weight is 294 g/mol. The third-order valence-electron chi connectivity index (χ3n) is 3.37. The molecule has 2 aromatic rings. The van der Waals surface area contributed by atoms with Gasteiger partial charge < -0.3 is 9.47 Å². The molecular weight excluding hydrogens is 280 g/mol. The van der Waals surface area contributed by atoms with E-state index in [0.717, 1.165) is 11.1 Å². The van der Waals surface area contributed by atoms with Crippen molar-refractivity contribution in [1.29, 1.82) is 0 Å². The second-order valence-corrected chi connectivity index (χ2v) is 4.74. The normalized spacial score (nSPS) is 14.6. The number of cyclic esters (lactones) is 1. The number of benzene rings is 2. The van der Waals surface area contributed by atoms with Crippen molar-refractivity contribution in [2.75, 3.05) is 6.61 Å².